The number of hydrogen-bond donors (Lipinski definition) is 8. The number of anilines is 3. The zero-order valence-electron chi connectivity index (χ0n) is 48.5. The van der Waals surface area contributed by atoms with Crippen LogP contribution in [0.15, 0.2) is 49.1 Å². The Morgan fingerprint density at radius 2 is 0.843 bits per heavy atom. The highest BCUT2D eigenvalue weighted by molar-refractivity contribution is 6.14. The van der Waals surface area contributed by atoms with Gasteiger partial charge in [-0.15, -0.1) is 6.58 Å². The van der Waals surface area contributed by atoms with Crippen LogP contribution in [0.4, 0.5) is 17.1 Å². The van der Waals surface area contributed by atoms with Crippen molar-refractivity contribution in [3.63, 3.8) is 0 Å². The molecule has 83 heavy (non-hydrogen) atoms. The van der Waals surface area contributed by atoms with Gasteiger partial charge in [0.25, 0.3) is 0 Å². The Balaban J connectivity index is 0.000000117. The lowest BCUT2D eigenvalue weighted by atomic mass is 9.85. The van der Waals surface area contributed by atoms with Crippen molar-refractivity contribution in [2.75, 3.05) is 34.3 Å². The van der Waals surface area contributed by atoms with E-state index >= 15 is 0 Å². The molecule has 19 nitrogen and oxygen atoms in total. The third-order valence-corrected chi connectivity index (χ3v) is 18.7. The number of nitrogens with one attached hydrogen (secondary N) is 6. The fraction of sp³-hybridized carbons (Fsp3) is 0.375. The Morgan fingerprint density at radius 1 is 0.530 bits per heavy atom. The molecule has 3 aliphatic carbocycles. The number of carbonyl (C=O) groups excluding carboxylic acids is 4. The molecule has 0 saturated heterocycles. The number of aryl methyl sites for hydroxylation is 6. The summed E-state index contributed by atoms with van der Waals surface area (Å²) >= 11 is 0. The fourth-order valence-corrected chi connectivity index (χ4v) is 14.2. The second-order valence-electron chi connectivity index (χ2n) is 25.0. The van der Waals surface area contributed by atoms with E-state index in [1.165, 1.54) is 48.6 Å². The van der Waals surface area contributed by atoms with Crippen LogP contribution in [0.1, 0.15) is 128 Å². The third kappa shape index (κ3) is 7.96. The molecular formula is C64H69N13O6. The number of fused-ring (bicyclic) bond motifs is 18. The van der Waals surface area contributed by atoms with Gasteiger partial charge in [0.1, 0.15) is 30.2 Å². The van der Waals surface area contributed by atoms with E-state index in [-0.39, 0.29) is 30.8 Å². The number of benzene rings is 3. The maximum absolute atomic E-state index is 12.9. The predicted octanol–water partition coefficient (Wildman–Crippen LogP) is 9.69. The molecule has 3 aliphatic heterocycles. The summed E-state index contributed by atoms with van der Waals surface area (Å²) < 4.78 is 0. The number of aromatic amines is 6. The number of nitrogens with zero attached hydrogens (tertiary/aromatic N) is 6. The Bertz CT molecular complexity index is 4130. The highest BCUT2D eigenvalue weighted by Gasteiger charge is 2.47. The van der Waals surface area contributed by atoms with E-state index in [1.54, 1.807) is 6.08 Å². The smallest absolute Gasteiger partial charge is 0.323 e. The van der Waals surface area contributed by atoms with Crippen molar-refractivity contribution in [2.24, 2.45) is 5.73 Å². The predicted molar refractivity (Wildman–Crippen MR) is 321 cm³/mol. The van der Waals surface area contributed by atoms with Crippen LogP contribution in [0.2, 0.25) is 0 Å². The lowest BCUT2D eigenvalue weighted by molar-refractivity contribution is -0.137. The minimum Gasteiger partial charge on any atom is -0.480 e. The summed E-state index contributed by atoms with van der Waals surface area (Å²) in [5.41, 5.74) is 29.0. The molecule has 426 valence electrons. The van der Waals surface area contributed by atoms with Crippen molar-refractivity contribution in [2.45, 2.75) is 136 Å². The van der Waals surface area contributed by atoms with E-state index in [1.807, 2.05) is 71.6 Å². The number of carbonyl (C=O) groups is 5. The maximum atomic E-state index is 12.9. The number of aromatic nitrogens is 9. The first-order valence-corrected chi connectivity index (χ1v) is 28.8. The van der Waals surface area contributed by atoms with Gasteiger partial charge in [0, 0.05) is 90.1 Å². The molecular weight excluding hydrogens is 1050 g/mol. The number of rotatable bonds is 6. The molecule has 0 unspecified atom stereocenters. The quantitative estimate of drug-likeness (QED) is 0.0735. The van der Waals surface area contributed by atoms with Gasteiger partial charge in [-0.2, -0.15) is 15.3 Å². The minimum atomic E-state index is -1.01. The van der Waals surface area contributed by atoms with Gasteiger partial charge in [-0.25, -0.2) is 0 Å². The van der Waals surface area contributed by atoms with Crippen molar-refractivity contribution in [3.05, 3.63) is 116 Å². The summed E-state index contributed by atoms with van der Waals surface area (Å²) in [6, 6.07) is 12.5. The normalized spacial score (nSPS) is 17.5. The lowest BCUT2D eigenvalue weighted by Crippen LogP contribution is -2.41. The van der Waals surface area contributed by atoms with Crippen LogP contribution in [0.3, 0.4) is 0 Å². The number of aliphatic carboxylic acids is 1. The van der Waals surface area contributed by atoms with E-state index in [0.29, 0.717) is 12.2 Å². The second-order valence-corrected chi connectivity index (χ2v) is 25.0. The van der Waals surface area contributed by atoms with E-state index in [2.05, 4.69) is 84.2 Å². The second kappa shape index (κ2) is 18.8. The number of H-pyrrole nitrogens is 6. The molecule has 0 spiro atoms. The first kappa shape index (κ1) is 53.3. The summed E-state index contributed by atoms with van der Waals surface area (Å²) in [4.78, 5) is 77.1. The fourth-order valence-electron chi connectivity index (χ4n) is 14.2. The molecule has 0 bridgehead atoms. The van der Waals surface area contributed by atoms with Crippen molar-refractivity contribution >= 4 is 79.4 Å². The van der Waals surface area contributed by atoms with Gasteiger partial charge in [-0.1, -0.05) is 6.08 Å². The van der Waals surface area contributed by atoms with Gasteiger partial charge < -0.3 is 40.5 Å². The van der Waals surface area contributed by atoms with Crippen molar-refractivity contribution < 1.29 is 29.1 Å². The summed E-state index contributed by atoms with van der Waals surface area (Å²) in [5.74, 6) is -1.65. The highest BCUT2D eigenvalue weighted by Crippen LogP contribution is 2.50. The van der Waals surface area contributed by atoms with Crippen LogP contribution in [0, 0.1) is 20.8 Å². The van der Waals surface area contributed by atoms with Crippen LogP contribution < -0.4 is 20.4 Å². The number of hydrogen-bond acceptors (Lipinski definition) is 8. The highest BCUT2D eigenvalue weighted by atomic mass is 16.4. The summed E-state index contributed by atoms with van der Waals surface area (Å²) in [7, 11) is 0. The average Bonchev–Trinajstić information content (AvgIpc) is 2.61. The van der Waals surface area contributed by atoms with Crippen molar-refractivity contribution in [3.8, 4) is 34.2 Å². The Kier molecular flexibility index (Phi) is 12.1. The molecule has 6 aliphatic rings. The van der Waals surface area contributed by atoms with Crippen LogP contribution in [-0.4, -0.2) is 99.9 Å². The first-order valence-electron chi connectivity index (χ1n) is 28.8. The SMILES string of the molecule is C=CCN1C(=O)C(C)(C)c2cc3[nH]c4c(c3cc21)CCCc1c-4n[nH]c1C.Cc1[nH]nc2c1CCCc1c-2[nH]c2cc3c(cc12)N(CC(=O)O)C(=O)C3(C)C.Cc1[nH]nc2c1CCCc1c-2[nH]c2cc3c(cc12)N(CC(N)=O)C(=O)C3(C)C. The minimum absolute atomic E-state index is 0.0924. The maximum Gasteiger partial charge on any atom is 0.323 e. The molecule has 3 aromatic carbocycles. The lowest BCUT2D eigenvalue weighted by Gasteiger charge is -2.18. The van der Waals surface area contributed by atoms with E-state index in [0.717, 1.165) is 164 Å². The van der Waals surface area contributed by atoms with Crippen molar-refractivity contribution in [1.82, 2.24) is 45.5 Å². The number of nitrogens with two attached hydrogens (primary N) is 1. The molecule has 15 rings (SSSR count). The molecule has 0 saturated carbocycles. The molecule has 9 aromatic rings. The van der Waals surface area contributed by atoms with Gasteiger partial charge in [0.2, 0.25) is 23.6 Å². The molecule has 0 atom stereocenters. The topological polar surface area (TPSA) is 275 Å². The van der Waals surface area contributed by atoms with E-state index < -0.39 is 28.1 Å². The molecule has 6 aromatic heterocycles. The number of primary amides is 1. The van der Waals surface area contributed by atoms with Gasteiger partial charge >= 0.3 is 5.97 Å². The zero-order chi connectivity index (χ0) is 58.5. The standard InChI is InChI=1S/C22H24N4O.C21H23N5O2.C21H22N4O3/c1-5-9-26-18-10-15-14-8-6-7-13-12(2)24-25-20(13)19(14)23-17(15)11-16(18)22(3,4)21(26)27;1-10-11-5-4-6-12-13-7-16-14(8-15(13)23-18(12)19(11)25-24-10)21(2,3)20(28)26(16)9-17(22)27;1-10-11-5-4-6-12-13-7-16-14(8-15(13)22-18(12)19(11)24-23-10)21(2,3)20(28)25(16)9-17(26)27/h5,10-11,23H,1,6-9H2,2-4H3,(H,24,25);7-8,23H,4-6,9H2,1-3H3,(H2,22,27)(H,24,25);7-8,22H,4-6,9H2,1-3H3,(H,23,24)(H,26,27). The Hall–Kier alpha value is -9.00. The van der Waals surface area contributed by atoms with Crippen LogP contribution >= 0.6 is 0 Å². The molecule has 4 amide bonds. The third-order valence-electron chi connectivity index (χ3n) is 18.7. The molecule has 0 radical (unpaired) electrons. The van der Waals surface area contributed by atoms with Gasteiger partial charge in [-0.05, 0) is 190 Å². The molecule has 9 heterocycles. The molecule has 19 heteroatoms. The Morgan fingerprint density at radius 3 is 1.17 bits per heavy atom. The van der Waals surface area contributed by atoms with Crippen LogP contribution in [0.5, 0.6) is 0 Å². The molecule has 0 fully saturated rings. The number of amides is 4. The van der Waals surface area contributed by atoms with Gasteiger partial charge in [-0.3, -0.25) is 39.3 Å². The molecule has 9 N–H and O–H groups in total. The van der Waals surface area contributed by atoms with Crippen LogP contribution in [0.25, 0.3) is 66.9 Å². The van der Waals surface area contributed by atoms with Gasteiger partial charge in [0.15, 0.2) is 0 Å². The first-order chi connectivity index (χ1) is 39.5. The largest absolute Gasteiger partial charge is 0.480 e. The van der Waals surface area contributed by atoms with Crippen molar-refractivity contribution in [1.29, 1.82) is 0 Å². The zero-order valence-corrected chi connectivity index (χ0v) is 48.5. The van der Waals surface area contributed by atoms with Gasteiger partial charge in [0.05, 0.1) is 33.3 Å². The number of carboxylic acids is 1. The van der Waals surface area contributed by atoms with E-state index in [4.69, 9.17) is 5.73 Å². The van der Waals surface area contributed by atoms with Crippen LogP contribution in [-0.2, 0) is 78.7 Å². The Labute approximate surface area is 478 Å². The monoisotopic (exact) mass is 1120 g/mol. The average molecular weight is 1120 g/mol. The summed E-state index contributed by atoms with van der Waals surface area (Å²) in [5, 5.41) is 35.6. The summed E-state index contributed by atoms with van der Waals surface area (Å²) in [6.07, 6.45) is 10.8. The number of carboxylic acid groups (broad SMARTS) is 1. The van der Waals surface area contributed by atoms with E-state index in [9.17, 15) is 29.1 Å². The summed E-state index contributed by atoms with van der Waals surface area (Å²) in [6.45, 7) is 21.6.